The number of rotatable bonds is 1. The maximum absolute atomic E-state index is 3.09. The van der Waals surface area contributed by atoms with E-state index in [1.54, 1.807) is 0 Å². The molecule has 0 fully saturated rings. The molecule has 0 aromatic carbocycles. The van der Waals surface area contributed by atoms with Crippen LogP contribution in [0.1, 0.15) is 24.8 Å². The van der Waals surface area contributed by atoms with E-state index in [2.05, 4.69) is 42.4 Å². The predicted molar refractivity (Wildman–Crippen MR) is 51.0 cm³/mol. The maximum atomic E-state index is 3.09. The van der Waals surface area contributed by atoms with E-state index >= 15 is 0 Å². The fourth-order valence-electron chi connectivity index (χ4n) is 1.63. The Morgan fingerprint density at radius 2 is 2.42 bits per heavy atom. The molecule has 2 rings (SSSR count). The van der Waals surface area contributed by atoms with Gasteiger partial charge < -0.3 is 4.98 Å². The molecule has 1 unspecified atom stereocenters. The molecule has 0 saturated carbocycles. The fourth-order valence-corrected chi connectivity index (χ4v) is 1.63. The Hall–Kier alpha value is -1.24. The van der Waals surface area contributed by atoms with Gasteiger partial charge in [-0.1, -0.05) is 23.8 Å². The first kappa shape index (κ1) is 7.41. The molecule has 1 N–H and O–H groups in total. The molecular formula is C11H13N. The quantitative estimate of drug-likeness (QED) is 0.648. The molecule has 1 atom stereocenters. The van der Waals surface area contributed by atoms with E-state index in [4.69, 9.17) is 0 Å². The van der Waals surface area contributed by atoms with Crippen LogP contribution in [0.15, 0.2) is 42.3 Å². The average Bonchev–Trinajstić information content (AvgIpc) is 2.56. The topological polar surface area (TPSA) is 15.8 Å². The summed E-state index contributed by atoms with van der Waals surface area (Å²) in [5.74, 6) is 0.584. The molecule has 1 heterocycles. The highest BCUT2D eigenvalue weighted by Gasteiger charge is 2.10. The van der Waals surface area contributed by atoms with Crippen LogP contribution in [0.25, 0.3) is 0 Å². The Balaban J connectivity index is 2.19. The van der Waals surface area contributed by atoms with Crippen molar-refractivity contribution in [1.29, 1.82) is 0 Å². The first-order valence-electron chi connectivity index (χ1n) is 4.33. The largest absolute Gasteiger partial charge is 0.367 e. The molecule has 12 heavy (non-hydrogen) atoms. The van der Waals surface area contributed by atoms with Gasteiger partial charge in [-0.05, 0) is 25.0 Å². The van der Waals surface area contributed by atoms with E-state index < -0.39 is 0 Å². The second kappa shape index (κ2) is 3.02. The summed E-state index contributed by atoms with van der Waals surface area (Å²) < 4.78 is 0. The first-order valence-corrected chi connectivity index (χ1v) is 4.33. The zero-order valence-electron chi connectivity index (χ0n) is 7.25. The second-order valence-corrected chi connectivity index (χ2v) is 3.35. The van der Waals surface area contributed by atoms with Gasteiger partial charge in [0.05, 0.1) is 0 Å². The van der Waals surface area contributed by atoms with E-state index in [1.807, 2.05) is 6.20 Å². The van der Waals surface area contributed by atoms with Crippen LogP contribution in [-0.4, -0.2) is 4.98 Å². The smallest absolute Gasteiger partial charge is 0.00731 e. The Morgan fingerprint density at radius 1 is 1.50 bits per heavy atom. The van der Waals surface area contributed by atoms with Gasteiger partial charge in [0.2, 0.25) is 0 Å². The van der Waals surface area contributed by atoms with Crippen LogP contribution in [-0.2, 0) is 0 Å². The number of aromatic amines is 1. The lowest BCUT2D eigenvalue weighted by Gasteiger charge is -2.14. The number of hydrogen-bond acceptors (Lipinski definition) is 0. The minimum Gasteiger partial charge on any atom is -0.367 e. The van der Waals surface area contributed by atoms with Crippen molar-refractivity contribution in [1.82, 2.24) is 4.98 Å². The van der Waals surface area contributed by atoms with Crippen LogP contribution < -0.4 is 0 Å². The van der Waals surface area contributed by atoms with Crippen molar-refractivity contribution in [3.63, 3.8) is 0 Å². The van der Waals surface area contributed by atoms with Crippen LogP contribution >= 0.6 is 0 Å². The molecule has 0 amide bonds. The van der Waals surface area contributed by atoms with Gasteiger partial charge in [-0.2, -0.15) is 0 Å². The maximum Gasteiger partial charge on any atom is 0.00731 e. The molecule has 62 valence electrons. The molecule has 0 aliphatic heterocycles. The van der Waals surface area contributed by atoms with Crippen molar-refractivity contribution in [2.75, 3.05) is 0 Å². The number of hydrogen-bond donors (Lipinski definition) is 1. The molecule has 0 spiro atoms. The number of nitrogens with one attached hydrogen (secondary N) is 1. The Bertz CT molecular complexity index is 304. The lowest BCUT2D eigenvalue weighted by molar-refractivity contribution is 0.814. The summed E-state index contributed by atoms with van der Waals surface area (Å²) in [6, 6.07) is 2.15. The van der Waals surface area contributed by atoms with Gasteiger partial charge in [0.25, 0.3) is 0 Å². The summed E-state index contributed by atoms with van der Waals surface area (Å²) in [6.07, 6.45) is 11.8. The van der Waals surface area contributed by atoms with Crippen molar-refractivity contribution in [2.45, 2.75) is 19.3 Å². The normalized spacial score (nSPS) is 22.4. The molecule has 1 aliphatic carbocycles. The zero-order valence-corrected chi connectivity index (χ0v) is 7.25. The summed E-state index contributed by atoms with van der Waals surface area (Å²) in [6.45, 7) is 2.18. The van der Waals surface area contributed by atoms with Gasteiger partial charge in [0, 0.05) is 18.3 Å². The Kier molecular flexibility index (Phi) is 1.86. The average molecular weight is 159 g/mol. The highest BCUT2D eigenvalue weighted by Crippen LogP contribution is 2.27. The second-order valence-electron chi connectivity index (χ2n) is 3.35. The van der Waals surface area contributed by atoms with Crippen molar-refractivity contribution in [3.8, 4) is 0 Å². The highest BCUT2D eigenvalue weighted by molar-refractivity contribution is 5.29. The molecule has 0 radical (unpaired) electrons. The third-order valence-corrected chi connectivity index (χ3v) is 2.32. The zero-order chi connectivity index (χ0) is 8.39. The summed E-state index contributed by atoms with van der Waals surface area (Å²) >= 11 is 0. The van der Waals surface area contributed by atoms with Crippen LogP contribution in [0.5, 0.6) is 0 Å². The number of H-pyrrole nitrogens is 1. The minimum atomic E-state index is 0.584. The molecule has 1 aromatic heterocycles. The molecule has 0 saturated heterocycles. The third kappa shape index (κ3) is 1.35. The van der Waals surface area contributed by atoms with Crippen molar-refractivity contribution < 1.29 is 0 Å². The lowest BCUT2D eigenvalue weighted by Crippen LogP contribution is -1.97. The molecule has 1 aliphatic rings. The van der Waals surface area contributed by atoms with E-state index in [1.165, 1.54) is 11.1 Å². The summed E-state index contributed by atoms with van der Waals surface area (Å²) in [5.41, 5.74) is 2.85. The number of aromatic nitrogens is 1. The van der Waals surface area contributed by atoms with Gasteiger partial charge in [-0.3, -0.25) is 0 Å². The van der Waals surface area contributed by atoms with E-state index in [0.29, 0.717) is 5.92 Å². The summed E-state index contributed by atoms with van der Waals surface area (Å²) in [7, 11) is 0. The molecule has 1 heteroatoms. The molecular weight excluding hydrogens is 146 g/mol. The molecule has 1 aromatic rings. The highest BCUT2D eigenvalue weighted by atomic mass is 14.6. The monoisotopic (exact) mass is 159 g/mol. The minimum absolute atomic E-state index is 0.584. The van der Waals surface area contributed by atoms with Crippen LogP contribution in [0.3, 0.4) is 0 Å². The van der Waals surface area contributed by atoms with Gasteiger partial charge in [-0.15, -0.1) is 0 Å². The van der Waals surface area contributed by atoms with Gasteiger partial charge >= 0.3 is 0 Å². The molecule has 1 nitrogen and oxygen atoms in total. The summed E-state index contributed by atoms with van der Waals surface area (Å²) in [5, 5.41) is 0. The van der Waals surface area contributed by atoms with Crippen LogP contribution in [0, 0.1) is 0 Å². The van der Waals surface area contributed by atoms with E-state index in [-0.39, 0.29) is 0 Å². The fraction of sp³-hybridized carbons (Fsp3) is 0.273. The Labute approximate surface area is 72.8 Å². The van der Waals surface area contributed by atoms with Crippen molar-refractivity contribution >= 4 is 0 Å². The van der Waals surface area contributed by atoms with Crippen LogP contribution in [0.4, 0.5) is 0 Å². The lowest BCUT2D eigenvalue weighted by atomic mass is 9.91. The predicted octanol–water partition coefficient (Wildman–Crippen LogP) is 3.00. The van der Waals surface area contributed by atoms with Crippen molar-refractivity contribution in [3.05, 3.63) is 47.8 Å². The van der Waals surface area contributed by atoms with Gasteiger partial charge in [-0.25, -0.2) is 0 Å². The third-order valence-electron chi connectivity index (χ3n) is 2.32. The Morgan fingerprint density at radius 3 is 3.08 bits per heavy atom. The standard InChI is InChI=1S/C11H13N/c1-9-3-2-4-10(7-9)11-5-6-12-8-11/h2-6,8,10,12H,7H2,1H3. The number of allylic oxidation sites excluding steroid dienone is 4. The van der Waals surface area contributed by atoms with E-state index in [0.717, 1.165) is 6.42 Å². The SMILES string of the molecule is CC1=CC=CC(c2cc[nH]c2)C1. The van der Waals surface area contributed by atoms with Crippen LogP contribution in [0.2, 0.25) is 0 Å². The summed E-state index contributed by atoms with van der Waals surface area (Å²) in [4.78, 5) is 3.09. The van der Waals surface area contributed by atoms with Gasteiger partial charge in [0.1, 0.15) is 0 Å². The van der Waals surface area contributed by atoms with Gasteiger partial charge in [0.15, 0.2) is 0 Å². The van der Waals surface area contributed by atoms with Crippen molar-refractivity contribution in [2.24, 2.45) is 0 Å². The molecule has 0 bridgehead atoms. The first-order chi connectivity index (χ1) is 5.86. The van der Waals surface area contributed by atoms with E-state index in [9.17, 15) is 0 Å².